The van der Waals surface area contributed by atoms with Crippen molar-refractivity contribution in [3.8, 4) is 0 Å². The van der Waals surface area contributed by atoms with Gasteiger partial charge in [0.1, 0.15) is 0 Å². The van der Waals surface area contributed by atoms with E-state index >= 15 is 0 Å². The predicted molar refractivity (Wildman–Crippen MR) is 102 cm³/mol. The number of carbonyl (C=O) groups is 1. The van der Waals surface area contributed by atoms with Crippen molar-refractivity contribution < 1.29 is 4.79 Å². The van der Waals surface area contributed by atoms with Gasteiger partial charge in [-0.2, -0.15) is 5.10 Å². The zero-order valence-electron chi connectivity index (χ0n) is 14.9. The predicted octanol–water partition coefficient (Wildman–Crippen LogP) is 3.00. The number of aryl methyl sites for hydroxylation is 2. The molecule has 2 heterocycles. The normalized spacial score (nSPS) is 15.6. The van der Waals surface area contributed by atoms with Gasteiger partial charge in [-0.1, -0.05) is 29.8 Å². The SMILES string of the molecule is Cc1ccc(CN2CCN(C(=O)CCn3ncc(Br)c3C)CC2)cc1. The molecule has 0 saturated carbocycles. The molecule has 0 aliphatic carbocycles. The van der Waals surface area contributed by atoms with Crippen molar-refractivity contribution in [2.24, 2.45) is 0 Å². The Morgan fingerprint density at radius 2 is 1.80 bits per heavy atom. The molecule has 1 aliphatic heterocycles. The van der Waals surface area contributed by atoms with Crippen LogP contribution in [0, 0.1) is 13.8 Å². The smallest absolute Gasteiger partial charge is 0.224 e. The maximum Gasteiger partial charge on any atom is 0.224 e. The van der Waals surface area contributed by atoms with E-state index in [2.05, 4.69) is 57.1 Å². The van der Waals surface area contributed by atoms with Crippen molar-refractivity contribution in [2.45, 2.75) is 33.4 Å². The molecule has 0 radical (unpaired) electrons. The van der Waals surface area contributed by atoms with Gasteiger partial charge in [0.25, 0.3) is 0 Å². The van der Waals surface area contributed by atoms with Gasteiger partial charge in [-0.15, -0.1) is 0 Å². The minimum atomic E-state index is 0.223. The standard InChI is InChI=1S/C19H25BrN4O/c1-15-3-5-17(6-4-15)14-22-9-11-23(12-10-22)19(25)7-8-24-16(2)18(20)13-21-24/h3-6,13H,7-12,14H2,1-2H3. The molecule has 0 bridgehead atoms. The first-order valence-corrected chi connectivity index (χ1v) is 9.56. The fourth-order valence-corrected chi connectivity index (χ4v) is 3.41. The van der Waals surface area contributed by atoms with Gasteiger partial charge in [0.05, 0.1) is 10.7 Å². The lowest BCUT2D eigenvalue weighted by molar-refractivity contribution is -0.133. The Labute approximate surface area is 157 Å². The number of hydrogen-bond donors (Lipinski definition) is 0. The number of piperazine rings is 1. The lowest BCUT2D eigenvalue weighted by Gasteiger charge is -2.34. The summed E-state index contributed by atoms with van der Waals surface area (Å²) in [7, 11) is 0. The van der Waals surface area contributed by atoms with Crippen molar-refractivity contribution in [3.05, 3.63) is 51.8 Å². The molecule has 1 saturated heterocycles. The summed E-state index contributed by atoms with van der Waals surface area (Å²) in [5.41, 5.74) is 3.69. The molecule has 3 rings (SSSR count). The molecule has 0 atom stereocenters. The van der Waals surface area contributed by atoms with Crippen LogP contribution in [0.4, 0.5) is 0 Å². The van der Waals surface area contributed by atoms with Crippen molar-refractivity contribution in [3.63, 3.8) is 0 Å². The summed E-state index contributed by atoms with van der Waals surface area (Å²) in [6, 6.07) is 8.70. The Bertz CT molecular complexity index is 718. The Morgan fingerprint density at radius 1 is 1.12 bits per heavy atom. The quantitative estimate of drug-likeness (QED) is 0.768. The van der Waals surface area contributed by atoms with Crippen LogP contribution in [0.25, 0.3) is 0 Å². The van der Waals surface area contributed by atoms with Crippen LogP contribution in [-0.4, -0.2) is 51.7 Å². The number of hydrogen-bond acceptors (Lipinski definition) is 3. The summed E-state index contributed by atoms with van der Waals surface area (Å²) < 4.78 is 2.87. The van der Waals surface area contributed by atoms with Gasteiger partial charge in [-0.25, -0.2) is 0 Å². The number of aromatic nitrogens is 2. The minimum absolute atomic E-state index is 0.223. The van der Waals surface area contributed by atoms with E-state index in [-0.39, 0.29) is 5.91 Å². The van der Waals surface area contributed by atoms with Gasteiger partial charge in [-0.05, 0) is 35.3 Å². The maximum atomic E-state index is 12.4. The largest absolute Gasteiger partial charge is 0.340 e. The Hall–Kier alpha value is -1.66. The van der Waals surface area contributed by atoms with Crippen LogP contribution in [0.3, 0.4) is 0 Å². The zero-order chi connectivity index (χ0) is 17.8. The third-order valence-corrected chi connectivity index (χ3v) is 5.61. The second-order valence-corrected chi connectivity index (χ2v) is 7.55. The first-order valence-electron chi connectivity index (χ1n) is 8.76. The zero-order valence-corrected chi connectivity index (χ0v) is 16.5. The monoisotopic (exact) mass is 404 g/mol. The van der Waals surface area contributed by atoms with Gasteiger partial charge >= 0.3 is 0 Å². The third kappa shape index (κ3) is 4.70. The average molecular weight is 405 g/mol. The van der Waals surface area contributed by atoms with Crippen molar-refractivity contribution in [1.82, 2.24) is 19.6 Å². The molecule has 6 heteroatoms. The summed E-state index contributed by atoms with van der Waals surface area (Å²) in [5.74, 6) is 0.223. The number of amides is 1. The van der Waals surface area contributed by atoms with E-state index in [4.69, 9.17) is 0 Å². The molecular weight excluding hydrogens is 380 g/mol. The van der Waals surface area contributed by atoms with Gasteiger partial charge in [-0.3, -0.25) is 14.4 Å². The van der Waals surface area contributed by atoms with Crippen molar-refractivity contribution in [1.29, 1.82) is 0 Å². The van der Waals surface area contributed by atoms with Crippen molar-refractivity contribution >= 4 is 21.8 Å². The summed E-state index contributed by atoms with van der Waals surface area (Å²) in [5, 5.41) is 4.29. The molecule has 0 spiro atoms. The van der Waals surface area contributed by atoms with Gasteiger partial charge < -0.3 is 4.90 Å². The highest BCUT2D eigenvalue weighted by atomic mass is 79.9. The van der Waals surface area contributed by atoms with E-state index < -0.39 is 0 Å². The van der Waals surface area contributed by atoms with Crippen molar-refractivity contribution in [2.75, 3.05) is 26.2 Å². The van der Waals surface area contributed by atoms with Gasteiger partial charge in [0.15, 0.2) is 0 Å². The van der Waals surface area contributed by atoms with Crippen LogP contribution in [0.15, 0.2) is 34.9 Å². The van der Waals surface area contributed by atoms with Crippen LogP contribution < -0.4 is 0 Å². The van der Waals surface area contributed by atoms with Gasteiger partial charge in [0, 0.05) is 51.4 Å². The molecule has 0 N–H and O–H groups in total. The van der Waals surface area contributed by atoms with E-state index in [1.807, 2.05) is 16.5 Å². The van der Waals surface area contributed by atoms with Gasteiger partial charge in [0.2, 0.25) is 5.91 Å². The Kier molecular flexibility index (Phi) is 5.91. The average Bonchev–Trinajstić information content (AvgIpc) is 2.94. The number of nitrogens with zero attached hydrogens (tertiary/aromatic N) is 4. The van der Waals surface area contributed by atoms with E-state index in [0.717, 1.165) is 42.9 Å². The fraction of sp³-hybridized carbons (Fsp3) is 0.474. The fourth-order valence-electron chi connectivity index (χ4n) is 3.12. The molecule has 134 valence electrons. The number of carbonyl (C=O) groups excluding carboxylic acids is 1. The second-order valence-electron chi connectivity index (χ2n) is 6.69. The Balaban J connectivity index is 1.44. The summed E-state index contributed by atoms with van der Waals surface area (Å²) in [6.07, 6.45) is 2.29. The molecule has 5 nitrogen and oxygen atoms in total. The lowest BCUT2D eigenvalue weighted by atomic mass is 10.1. The number of halogens is 1. The highest BCUT2D eigenvalue weighted by Crippen LogP contribution is 2.15. The Morgan fingerprint density at radius 3 is 2.40 bits per heavy atom. The molecule has 1 aliphatic rings. The van der Waals surface area contributed by atoms with Crippen LogP contribution in [0.5, 0.6) is 0 Å². The number of rotatable bonds is 5. The molecule has 2 aromatic rings. The summed E-state index contributed by atoms with van der Waals surface area (Å²) in [4.78, 5) is 16.9. The molecule has 1 amide bonds. The maximum absolute atomic E-state index is 12.4. The molecule has 1 fully saturated rings. The summed E-state index contributed by atoms with van der Waals surface area (Å²) in [6.45, 7) is 9.21. The molecule has 1 aromatic carbocycles. The van der Waals surface area contributed by atoms with Crippen LogP contribution in [-0.2, 0) is 17.9 Å². The second kappa shape index (κ2) is 8.15. The lowest BCUT2D eigenvalue weighted by Crippen LogP contribution is -2.48. The highest BCUT2D eigenvalue weighted by molar-refractivity contribution is 9.10. The third-order valence-electron chi connectivity index (χ3n) is 4.83. The number of benzene rings is 1. The molecule has 25 heavy (non-hydrogen) atoms. The molecule has 0 unspecified atom stereocenters. The van der Waals surface area contributed by atoms with Crippen LogP contribution >= 0.6 is 15.9 Å². The first kappa shape index (κ1) is 18.1. The summed E-state index contributed by atoms with van der Waals surface area (Å²) >= 11 is 3.45. The molecule has 1 aromatic heterocycles. The van der Waals surface area contributed by atoms with E-state index in [0.29, 0.717) is 13.0 Å². The van der Waals surface area contributed by atoms with E-state index in [1.165, 1.54) is 11.1 Å². The highest BCUT2D eigenvalue weighted by Gasteiger charge is 2.21. The van der Waals surface area contributed by atoms with E-state index in [1.54, 1.807) is 6.20 Å². The van der Waals surface area contributed by atoms with Crippen LogP contribution in [0.1, 0.15) is 23.2 Å². The topological polar surface area (TPSA) is 41.4 Å². The van der Waals surface area contributed by atoms with E-state index in [9.17, 15) is 4.79 Å². The minimum Gasteiger partial charge on any atom is -0.340 e. The first-order chi connectivity index (χ1) is 12.0. The molecular formula is C19H25BrN4O. The van der Waals surface area contributed by atoms with Crippen LogP contribution in [0.2, 0.25) is 0 Å².